The van der Waals surface area contributed by atoms with E-state index in [4.69, 9.17) is 0 Å². The van der Waals surface area contributed by atoms with Gasteiger partial charge in [-0.1, -0.05) is 38.0 Å². The van der Waals surface area contributed by atoms with Gasteiger partial charge in [-0.05, 0) is 31.0 Å². The normalized spacial score (nSPS) is 14.8. The lowest BCUT2D eigenvalue weighted by Crippen LogP contribution is -2.21. The molecule has 0 amide bonds. The summed E-state index contributed by atoms with van der Waals surface area (Å²) in [5.74, 6) is 0. The van der Waals surface area contributed by atoms with Gasteiger partial charge in [0.2, 0.25) is 0 Å². The Morgan fingerprint density at radius 3 is 2.76 bits per heavy atom. The molecule has 1 aromatic carbocycles. The standard InChI is InChI=1S/C15H19NO/c1-3-4-10-15(2,17)13-9-11-16-14-8-6-5-7-12(13)14/h5-9,11,17H,3-4,10H2,1-2H3. The Hall–Kier alpha value is -1.41. The molecule has 0 fully saturated rings. The summed E-state index contributed by atoms with van der Waals surface area (Å²) in [6, 6.07) is 9.90. The second-order valence-corrected chi connectivity index (χ2v) is 4.75. The second-order valence-electron chi connectivity index (χ2n) is 4.75. The summed E-state index contributed by atoms with van der Waals surface area (Å²) in [6.07, 6.45) is 4.69. The number of para-hydroxylation sites is 1. The van der Waals surface area contributed by atoms with Crippen molar-refractivity contribution in [2.45, 2.75) is 38.7 Å². The zero-order valence-electron chi connectivity index (χ0n) is 10.5. The van der Waals surface area contributed by atoms with Crippen molar-refractivity contribution < 1.29 is 5.11 Å². The van der Waals surface area contributed by atoms with Crippen molar-refractivity contribution in [3.8, 4) is 0 Å². The fraction of sp³-hybridized carbons (Fsp3) is 0.400. The molecule has 2 rings (SSSR count). The van der Waals surface area contributed by atoms with E-state index in [2.05, 4.69) is 11.9 Å². The van der Waals surface area contributed by atoms with E-state index in [1.165, 1.54) is 0 Å². The van der Waals surface area contributed by atoms with Crippen molar-refractivity contribution in [2.24, 2.45) is 0 Å². The van der Waals surface area contributed by atoms with Crippen molar-refractivity contribution >= 4 is 10.9 Å². The number of fused-ring (bicyclic) bond motifs is 1. The second kappa shape index (κ2) is 4.84. The molecular formula is C15H19NO. The lowest BCUT2D eigenvalue weighted by molar-refractivity contribution is 0.0468. The number of unbranched alkanes of at least 4 members (excludes halogenated alkanes) is 1. The van der Waals surface area contributed by atoms with Crippen LogP contribution in [0, 0.1) is 0 Å². The SMILES string of the molecule is CCCCC(C)(O)c1ccnc2ccccc12. The highest BCUT2D eigenvalue weighted by Gasteiger charge is 2.24. The fourth-order valence-corrected chi connectivity index (χ4v) is 2.22. The molecule has 0 saturated heterocycles. The smallest absolute Gasteiger partial charge is 0.0875 e. The summed E-state index contributed by atoms with van der Waals surface area (Å²) >= 11 is 0. The lowest BCUT2D eigenvalue weighted by atomic mass is 9.88. The Morgan fingerprint density at radius 2 is 2.00 bits per heavy atom. The number of hydrogen-bond donors (Lipinski definition) is 1. The molecule has 1 atom stereocenters. The number of hydrogen-bond acceptors (Lipinski definition) is 2. The van der Waals surface area contributed by atoms with Crippen LogP contribution in [0.15, 0.2) is 36.5 Å². The van der Waals surface area contributed by atoms with Crippen LogP contribution >= 0.6 is 0 Å². The Balaban J connectivity index is 2.47. The Labute approximate surface area is 102 Å². The number of aromatic nitrogens is 1. The number of aliphatic hydroxyl groups is 1. The molecule has 1 aromatic heterocycles. The summed E-state index contributed by atoms with van der Waals surface area (Å²) in [5, 5.41) is 11.6. The molecule has 0 aliphatic heterocycles. The predicted octanol–water partition coefficient (Wildman–Crippen LogP) is 3.63. The summed E-state index contributed by atoms with van der Waals surface area (Å²) in [4.78, 5) is 4.32. The van der Waals surface area contributed by atoms with Crippen molar-refractivity contribution in [1.82, 2.24) is 4.98 Å². The molecule has 0 spiro atoms. The third-order valence-corrected chi connectivity index (χ3v) is 3.25. The zero-order chi connectivity index (χ0) is 12.3. The quantitative estimate of drug-likeness (QED) is 0.868. The van der Waals surface area contributed by atoms with Gasteiger partial charge in [0.1, 0.15) is 0 Å². The summed E-state index contributed by atoms with van der Waals surface area (Å²) in [5.41, 5.74) is 1.16. The molecule has 0 radical (unpaired) electrons. The van der Waals surface area contributed by atoms with E-state index in [0.717, 1.165) is 35.7 Å². The third-order valence-electron chi connectivity index (χ3n) is 3.25. The van der Waals surface area contributed by atoms with Crippen LogP contribution in [-0.2, 0) is 5.60 Å². The molecule has 1 N–H and O–H groups in total. The topological polar surface area (TPSA) is 33.1 Å². The minimum Gasteiger partial charge on any atom is -0.385 e. The van der Waals surface area contributed by atoms with Gasteiger partial charge in [-0.3, -0.25) is 4.98 Å². The van der Waals surface area contributed by atoms with E-state index < -0.39 is 5.60 Å². The predicted molar refractivity (Wildman–Crippen MR) is 70.8 cm³/mol. The van der Waals surface area contributed by atoms with Crippen LogP contribution in [0.4, 0.5) is 0 Å². The van der Waals surface area contributed by atoms with Gasteiger partial charge >= 0.3 is 0 Å². The molecule has 1 heterocycles. The first-order chi connectivity index (χ1) is 8.15. The van der Waals surface area contributed by atoms with Crippen LogP contribution in [0.25, 0.3) is 10.9 Å². The molecule has 0 bridgehead atoms. The van der Waals surface area contributed by atoms with Gasteiger partial charge in [0.15, 0.2) is 0 Å². The van der Waals surface area contributed by atoms with E-state index in [1.807, 2.05) is 37.3 Å². The fourth-order valence-electron chi connectivity index (χ4n) is 2.22. The molecule has 2 heteroatoms. The van der Waals surface area contributed by atoms with Crippen LogP contribution in [-0.4, -0.2) is 10.1 Å². The Bertz CT molecular complexity index is 500. The lowest BCUT2D eigenvalue weighted by Gasteiger charge is -2.25. The molecule has 2 nitrogen and oxygen atoms in total. The van der Waals surface area contributed by atoms with Crippen molar-refractivity contribution in [1.29, 1.82) is 0 Å². The van der Waals surface area contributed by atoms with Crippen molar-refractivity contribution in [3.63, 3.8) is 0 Å². The van der Waals surface area contributed by atoms with Gasteiger partial charge in [-0.25, -0.2) is 0 Å². The summed E-state index contributed by atoms with van der Waals surface area (Å²) in [6.45, 7) is 4.03. The first-order valence-corrected chi connectivity index (χ1v) is 6.22. The van der Waals surface area contributed by atoms with E-state index in [-0.39, 0.29) is 0 Å². The highest BCUT2D eigenvalue weighted by Crippen LogP contribution is 2.31. The first kappa shape index (κ1) is 12.1. The van der Waals surface area contributed by atoms with Gasteiger partial charge in [-0.15, -0.1) is 0 Å². The number of nitrogens with zero attached hydrogens (tertiary/aromatic N) is 1. The maximum atomic E-state index is 10.6. The van der Waals surface area contributed by atoms with Gasteiger partial charge < -0.3 is 5.11 Å². The number of benzene rings is 1. The van der Waals surface area contributed by atoms with E-state index >= 15 is 0 Å². The summed E-state index contributed by atoms with van der Waals surface area (Å²) < 4.78 is 0. The van der Waals surface area contributed by atoms with Gasteiger partial charge in [0, 0.05) is 11.6 Å². The minimum absolute atomic E-state index is 0.765. The molecule has 17 heavy (non-hydrogen) atoms. The zero-order valence-corrected chi connectivity index (χ0v) is 10.5. The van der Waals surface area contributed by atoms with Gasteiger partial charge in [0.05, 0.1) is 11.1 Å². The Morgan fingerprint density at radius 1 is 1.24 bits per heavy atom. The average molecular weight is 229 g/mol. The van der Waals surface area contributed by atoms with E-state index in [0.29, 0.717) is 0 Å². The minimum atomic E-state index is -0.765. The maximum Gasteiger partial charge on any atom is 0.0875 e. The van der Waals surface area contributed by atoms with Gasteiger partial charge in [0.25, 0.3) is 0 Å². The maximum absolute atomic E-state index is 10.6. The van der Waals surface area contributed by atoms with Crippen LogP contribution in [0.3, 0.4) is 0 Å². The van der Waals surface area contributed by atoms with Crippen LogP contribution in [0.1, 0.15) is 38.7 Å². The molecule has 0 aliphatic rings. The molecule has 90 valence electrons. The monoisotopic (exact) mass is 229 g/mol. The molecule has 1 unspecified atom stereocenters. The third kappa shape index (κ3) is 2.47. The van der Waals surface area contributed by atoms with Crippen molar-refractivity contribution in [3.05, 3.63) is 42.1 Å². The highest BCUT2D eigenvalue weighted by molar-refractivity contribution is 5.82. The number of rotatable bonds is 4. The molecule has 0 saturated carbocycles. The van der Waals surface area contributed by atoms with Crippen LogP contribution in [0.5, 0.6) is 0 Å². The van der Waals surface area contributed by atoms with E-state index in [9.17, 15) is 5.11 Å². The van der Waals surface area contributed by atoms with Gasteiger partial charge in [-0.2, -0.15) is 0 Å². The number of pyridine rings is 1. The average Bonchev–Trinajstić information content (AvgIpc) is 2.36. The Kier molecular flexibility index (Phi) is 3.43. The highest BCUT2D eigenvalue weighted by atomic mass is 16.3. The first-order valence-electron chi connectivity index (χ1n) is 6.22. The molecular weight excluding hydrogens is 210 g/mol. The van der Waals surface area contributed by atoms with Crippen molar-refractivity contribution in [2.75, 3.05) is 0 Å². The van der Waals surface area contributed by atoms with Crippen LogP contribution in [0.2, 0.25) is 0 Å². The van der Waals surface area contributed by atoms with E-state index in [1.54, 1.807) is 6.20 Å². The largest absolute Gasteiger partial charge is 0.385 e. The molecule has 2 aromatic rings. The molecule has 0 aliphatic carbocycles. The summed E-state index contributed by atoms with van der Waals surface area (Å²) in [7, 11) is 0. The van der Waals surface area contributed by atoms with Crippen LogP contribution < -0.4 is 0 Å².